The molecule has 0 radical (unpaired) electrons. The highest BCUT2D eigenvalue weighted by atomic mass is 31.2. The molecule has 0 aromatic heterocycles. The molecule has 4 unspecified atom stereocenters. The van der Waals surface area contributed by atoms with Crippen LogP contribution in [0.15, 0.2) is 0 Å². The highest BCUT2D eigenvalue weighted by molar-refractivity contribution is 7.47. The Bertz CT molecular complexity index is 1950. The van der Waals surface area contributed by atoms with Crippen molar-refractivity contribution in [2.75, 3.05) is 39.6 Å². The fourth-order valence-electron chi connectivity index (χ4n) is 12.6. The molecule has 0 amide bonds. The zero-order chi connectivity index (χ0) is 74.2. The molecule has 0 spiro atoms. The number of esters is 4. The van der Waals surface area contributed by atoms with Gasteiger partial charge in [0.05, 0.1) is 26.4 Å². The van der Waals surface area contributed by atoms with Gasteiger partial charge in [-0.2, -0.15) is 0 Å². The summed E-state index contributed by atoms with van der Waals surface area (Å²) in [4.78, 5) is 72.9. The van der Waals surface area contributed by atoms with E-state index >= 15 is 0 Å². The lowest BCUT2D eigenvalue weighted by Crippen LogP contribution is -2.30. The maximum atomic E-state index is 13.1. The molecule has 0 aliphatic heterocycles. The molecule has 0 aromatic rings. The SMILES string of the molecule is CCCCCCCCCCCCCCCCCCCCCC(=O)OC[C@H](COP(=O)(O)OC[C@@H](O)COP(=O)(O)OC[C@@H](COC(=O)CCCCCCCCCC)OC(=O)CCCCCCCCCCC(C)CC)OC(=O)CCCCCCCCCCCCCCCCCCCCC(C)CC. The normalized spacial score (nSPS) is 14.4. The van der Waals surface area contributed by atoms with Gasteiger partial charge in [-0.25, -0.2) is 9.13 Å². The number of phosphoric ester groups is 2. The Kier molecular flexibility index (Phi) is 72.2. The molecule has 7 atom stereocenters. The van der Waals surface area contributed by atoms with Gasteiger partial charge in [0, 0.05) is 25.7 Å². The first-order valence-corrected chi connectivity index (χ1v) is 45.6. The van der Waals surface area contributed by atoms with Crippen LogP contribution in [0.2, 0.25) is 0 Å². The average Bonchev–Trinajstić information content (AvgIpc) is 0.944. The number of unbranched alkanes of at least 4 members (excludes halogenated alkanes) is 49. The first kappa shape index (κ1) is 99.1. The highest BCUT2D eigenvalue weighted by Gasteiger charge is 2.30. The molecule has 17 nitrogen and oxygen atoms in total. The smallest absolute Gasteiger partial charge is 0.462 e. The van der Waals surface area contributed by atoms with Gasteiger partial charge in [-0.1, -0.05) is 382 Å². The molecule has 3 N–H and O–H groups in total. The third kappa shape index (κ3) is 73.4. The number of rotatable bonds is 81. The second-order valence-electron chi connectivity index (χ2n) is 30.0. The standard InChI is InChI=1S/C82H160O17P2/c1-7-11-13-15-17-19-20-21-22-23-24-28-31-34-37-40-47-53-59-65-80(85)93-71-78(98-81(86)66-60-54-48-41-38-35-32-29-26-25-27-30-33-36-39-44-50-56-62-74(5)9-3)73-97-101(90,91)95-69-76(83)68-94-100(88,89)96-72-77(70-92-79(84)64-58-52-46-18-16-14-12-8-2)99-82(87)67-61-55-49-43-42-45-51-57-63-75(6)10-4/h74-78,83H,7-73H2,1-6H3,(H,88,89)(H,90,91)/t74?,75?,76-,77+,78+/m0/s1. The van der Waals surface area contributed by atoms with Crippen molar-refractivity contribution in [2.45, 2.75) is 452 Å². The number of ether oxygens (including phenoxy) is 4. The molecule has 101 heavy (non-hydrogen) atoms. The number of phosphoric acid groups is 2. The predicted molar refractivity (Wildman–Crippen MR) is 414 cm³/mol. The van der Waals surface area contributed by atoms with Crippen LogP contribution < -0.4 is 0 Å². The van der Waals surface area contributed by atoms with Crippen LogP contribution in [0.1, 0.15) is 433 Å². The van der Waals surface area contributed by atoms with Gasteiger partial charge in [0.15, 0.2) is 12.2 Å². The molecule has 0 aliphatic rings. The van der Waals surface area contributed by atoms with Crippen molar-refractivity contribution in [1.82, 2.24) is 0 Å². The topological polar surface area (TPSA) is 237 Å². The summed E-state index contributed by atoms with van der Waals surface area (Å²) in [6.07, 6.45) is 64.0. The second kappa shape index (κ2) is 73.6. The Morgan fingerprint density at radius 3 is 0.703 bits per heavy atom. The number of aliphatic hydroxyl groups excluding tert-OH is 1. The molecule has 0 saturated carbocycles. The molecule has 0 bridgehead atoms. The van der Waals surface area contributed by atoms with Crippen LogP contribution in [0.25, 0.3) is 0 Å². The summed E-state index contributed by atoms with van der Waals surface area (Å²) in [5.41, 5.74) is 0. The minimum absolute atomic E-state index is 0.105. The molecule has 0 saturated heterocycles. The van der Waals surface area contributed by atoms with Gasteiger partial charge in [-0.3, -0.25) is 37.3 Å². The van der Waals surface area contributed by atoms with E-state index in [1.165, 1.54) is 244 Å². The maximum absolute atomic E-state index is 13.1. The minimum atomic E-state index is -4.96. The Balaban J connectivity index is 5.18. The van der Waals surface area contributed by atoms with E-state index in [0.717, 1.165) is 108 Å². The summed E-state index contributed by atoms with van der Waals surface area (Å²) >= 11 is 0. The first-order chi connectivity index (χ1) is 48.9. The predicted octanol–water partition coefficient (Wildman–Crippen LogP) is 24.7. The van der Waals surface area contributed by atoms with Crippen LogP contribution in [0.4, 0.5) is 0 Å². The summed E-state index contributed by atoms with van der Waals surface area (Å²) in [5, 5.41) is 10.6. The monoisotopic (exact) mass is 1480 g/mol. The van der Waals surface area contributed by atoms with Crippen LogP contribution in [0.5, 0.6) is 0 Å². The number of aliphatic hydroxyl groups is 1. The van der Waals surface area contributed by atoms with E-state index in [4.69, 9.17) is 37.0 Å². The van der Waals surface area contributed by atoms with E-state index in [1.54, 1.807) is 0 Å². The van der Waals surface area contributed by atoms with Gasteiger partial charge < -0.3 is 33.8 Å². The minimum Gasteiger partial charge on any atom is -0.462 e. The molecule has 0 aromatic carbocycles. The quantitative estimate of drug-likeness (QED) is 0.0222. The first-order valence-electron chi connectivity index (χ1n) is 42.6. The van der Waals surface area contributed by atoms with Crippen molar-refractivity contribution in [2.24, 2.45) is 11.8 Å². The average molecular weight is 1480 g/mol. The van der Waals surface area contributed by atoms with E-state index in [-0.39, 0.29) is 25.7 Å². The third-order valence-electron chi connectivity index (χ3n) is 19.9. The Morgan fingerprint density at radius 1 is 0.277 bits per heavy atom. The summed E-state index contributed by atoms with van der Waals surface area (Å²) in [5.74, 6) is -0.472. The summed E-state index contributed by atoms with van der Waals surface area (Å²) in [6, 6.07) is 0. The lowest BCUT2D eigenvalue weighted by molar-refractivity contribution is -0.161. The molecule has 0 aliphatic carbocycles. The number of hydrogen-bond donors (Lipinski definition) is 3. The van der Waals surface area contributed by atoms with Gasteiger partial charge >= 0.3 is 39.5 Å². The van der Waals surface area contributed by atoms with E-state index in [0.29, 0.717) is 25.7 Å². The molecule has 600 valence electrons. The largest absolute Gasteiger partial charge is 0.472 e. The fourth-order valence-corrected chi connectivity index (χ4v) is 14.2. The molecule has 0 fully saturated rings. The number of hydrogen-bond acceptors (Lipinski definition) is 15. The van der Waals surface area contributed by atoms with Crippen molar-refractivity contribution in [3.05, 3.63) is 0 Å². The molecule has 19 heteroatoms. The number of carbonyl (C=O) groups is 4. The summed E-state index contributed by atoms with van der Waals surface area (Å²) in [6.45, 7) is 9.67. The summed E-state index contributed by atoms with van der Waals surface area (Å²) in [7, 11) is -9.92. The zero-order valence-corrected chi connectivity index (χ0v) is 68.0. The van der Waals surface area contributed by atoms with Gasteiger partial charge in [-0.15, -0.1) is 0 Å². The Labute approximate surface area is 619 Å². The lowest BCUT2D eigenvalue weighted by Gasteiger charge is -2.21. The molecule has 0 rings (SSSR count). The molecular weight excluding hydrogens is 1320 g/mol. The van der Waals surface area contributed by atoms with E-state index < -0.39 is 97.5 Å². The second-order valence-corrected chi connectivity index (χ2v) is 32.9. The van der Waals surface area contributed by atoms with Gasteiger partial charge in [0.25, 0.3) is 0 Å². The third-order valence-corrected chi connectivity index (χ3v) is 21.8. The van der Waals surface area contributed by atoms with Crippen molar-refractivity contribution in [1.29, 1.82) is 0 Å². The lowest BCUT2D eigenvalue weighted by atomic mass is 9.99. The Hall–Kier alpha value is -1.94. The van der Waals surface area contributed by atoms with E-state index in [9.17, 15) is 43.2 Å². The maximum Gasteiger partial charge on any atom is 0.472 e. The van der Waals surface area contributed by atoms with Gasteiger partial charge in [0.2, 0.25) is 0 Å². The fraction of sp³-hybridized carbons (Fsp3) is 0.951. The van der Waals surface area contributed by atoms with Crippen LogP contribution in [0.3, 0.4) is 0 Å². The van der Waals surface area contributed by atoms with E-state index in [2.05, 4.69) is 41.5 Å². The van der Waals surface area contributed by atoms with Crippen LogP contribution in [0, 0.1) is 11.8 Å². The van der Waals surface area contributed by atoms with E-state index in [1.807, 2.05) is 0 Å². The van der Waals surface area contributed by atoms with Crippen LogP contribution in [-0.4, -0.2) is 96.7 Å². The van der Waals surface area contributed by atoms with Crippen molar-refractivity contribution < 1.29 is 80.2 Å². The molecule has 0 heterocycles. The van der Waals surface area contributed by atoms with Gasteiger partial charge in [0.1, 0.15) is 19.3 Å². The van der Waals surface area contributed by atoms with Crippen molar-refractivity contribution >= 4 is 39.5 Å². The van der Waals surface area contributed by atoms with Crippen LogP contribution in [-0.2, 0) is 65.4 Å². The van der Waals surface area contributed by atoms with Crippen molar-refractivity contribution in [3.63, 3.8) is 0 Å². The molecular formula is C82H160O17P2. The van der Waals surface area contributed by atoms with Gasteiger partial charge in [-0.05, 0) is 37.5 Å². The number of carbonyl (C=O) groups excluding carboxylic acids is 4. The van der Waals surface area contributed by atoms with Crippen LogP contribution >= 0.6 is 15.6 Å². The zero-order valence-electron chi connectivity index (χ0n) is 66.2. The van der Waals surface area contributed by atoms with Crippen molar-refractivity contribution in [3.8, 4) is 0 Å². The highest BCUT2D eigenvalue weighted by Crippen LogP contribution is 2.45. The summed E-state index contributed by atoms with van der Waals surface area (Å²) < 4.78 is 68.6. The Morgan fingerprint density at radius 2 is 0.475 bits per heavy atom.